The summed E-state index contributed by atoms with van der Waals surface area (Å²) in [4.78, 5) is 31.7. The van der Waals surface area contributed by atoms with Gasteiger partial charge in [0, 0.05) is 19.6 Å². The van der Waals surface area contributed by atoms with Crippen molar-refractivity contribution in [3.05, 3.63) is 45.6 Å². The van der Waals surface area contributed by atoms with Crippen LogP contribution in [0.25, 0.3) is 10.2 Å². The SMILES string of the molecule is CCn1c(SCC(=O)Nc2cc(C(F)(F)F)ccc2N2CCOCC2)nc2ccsc2c1=O. The molecule has 2 aromatic heterocycles. The molecule has 3 aromatic rings. The summed E-state index contributed by atoms with van der Waals surface area (Å²) in [6.45, 7) is 4.13. The van der Waals surface area contributed by atoms with Gasteiger partial charge in [0.2, 0.25) is 5.91 Å². The van der Waals surface area contributed by atoms with Crippen molar-refractivity contribution in [2.24, 2.45) is 0 Å². The summed E-state index contributed by atoms with van der Waals surface area (Å²) in [5, 5.41) is 4.79. The van der Waals surface area contributed by atoms with E-state index in [1.54, 1.807) is 11.4 Å². The third kappa shape index (κ3) is 5.17. The first-order valence-electron chi connectivity index (χ1n) is 10.2. The van der Waals surface area contributed by atoms with Crippen molar-refractivity contribution in [2.45, 2.75) is 24.8 Å². The average molecular weight is 499 g/mol. The molecular weight excluding hydrogens is 477 g/mol. The molecule has 3 heterocycles. The fourth-order valence-electron chi connectivity index (χ4n) is 3.52. The van der Waals surface area contributed by atoms with Crippen molar-refractivity contribution in [3.8, 4) is 0 Å². The third-order valence-corrected chi connectivity index (χ3v) is 7.00. The fraction of sp³-hybridized carbons (Fsp3) is 0.381. The Morgan fingerprint density at radius 2 is 2.03 bits per heavy atom. The smallest absolute Gasteiger partial charge is 0.378 e. The van der Waals surface area contributed by atoms with E-state index in [-0.39, 0.29) is 17.0 Å². The van der Waals surface area contributed by atoms with Gasteiger partial charge in [0.05, 0.1) is 41.4 Å². The number of alkyl halides is 3. The number of carbonyl (C=O) groups excluding carboxylic acids is 1. The minimum Gasteiger partial charge on any atom is -0.378 e. The molecule has 0 atom stereocenters. The number of thiophene rings is 1. The van der Waals surface area contributed by atoms with Gasteiger partial charge in [-0.1, -0.05) is 11.8 Å². The number of halogens is 3. The highest BCUT2D eigenvalue weighted by atomic mass is 32.2. The van der Waals surface area contributed by atoms with E-state index in [0.29, 0.717) is 53.9 Å². The Morgan fingerprint density at radius 1 is 1.27 bits per heavy atom. The molecule has 0 aliphatic carbocycles. The molecule has 1 fully saturated rings. The predicted molar refractivity (Wildman–Crippen MR) is 123 cm³/mol. The van der Waals surface area contributed by atoms with Gasteiger partial charge in [0.1, 0.15) is 4.70 Å². The monoisotopic (exact) mass is 498 g/mol. The fourth-order valence-corrected chi connectivity index (χ4v) is 5.16. The Labute approximate surface area is 195 Å². The number of fused-ring (bicyclic) bond motifs is 1. The standard InChI is InChI=1S/C21H21F3N4O3S2/c1-2-28-19(30)18-14(5-10-32-18)26-20(28)33-12-17(29)25-15-11-13(21(22,23)24)3-4-16(15)27-6-8-31-9-7-27/h3-5,10-11H,2,6-9,12H2,1H3,(H,25,29). The Balaban J connectivity index is 1.55. The number of morpholine rings is 1. The lowest BCUT2D eigenvalue weighted by Crippen LogP contribution is -2.37. The minimum absolute atomic E-state index is 0.0893. The quantitative estimate of drug-likeness (QED) is 0.408. The lowest BCUT2D eigenvalue weighted by Gasteiger charge is -2.31. The number of anilines is 2. The van der Waals surface area contributed by atoms with Gasteiger partial charge in [0.25, 0.3) is 5.56 Å². The molecular formula is C21H21F3N4O3S2. The van der Waals surface area contributed by atoms with Crippen molar-refractivity contribution >= 4 is 50.6 Å². The Hall–Kier alpha value is -2.57. The molecule has 0 radical (unpaired) electrons. The summed E-state index contributed by atoms with van der Waals surface area (Å²) in [5.41, 5.74) is 0.143. The van der Waals surface area contributed by atoms with E-state index < -0.39 is 17.6 Å². The molecule has 1 amide bonds. The molecule has 33 heavy (non-hydrogen) atoms. The number of nitrogens with one attached hydrogen (secondary N) is 1. The van der Waals surface area contributed by atoms with E-state index >= 15 is 0 Å². The maximum Gasteiger partial charge on any atom is 0.416 e. The molecule has 1 aromatic carbocycles. The van der Waals surface area contributed by atoms with Crippen LogP contribution in [-0.4, -0.2) is 47.5 Å². The molecule has 0 unspecified atom stereocenters. The van der Waals surface area contributed by atoms with E-state index in [9.17, 15) is 22.8 Å². The predicted octanol–water partition coefficient (Wildman–Crippen LogP) is 4.06. The number of hydrogen-bond acceptors (Lipinski definition) is 7. The van der Waals surface area contributed by atoms with Crippen LogP contribution in [0.15, 0.2) is 39.6 Å². The number of thioether (sulfide) groups is 1. The van der Waals surface area contributed by atoms with Crippen molar-refractivity contribution in [1.82, 2.24) is 9.55 Å². The van der Waals surface area contributed by atoms with Crippen molar-refractivity contribution in [2.75, 3.05) is 42.3 Å². The Kier molecular flexibility index (Phi) is 6.96. The van der Waals surface area contributed by atoms with E-state index in [1.165, 1.54) is 22.0 Å². The summed E-state index contributed by atoms with van der Waals surface area (Å²) in [6, 6.07) is 5.07. The van der Waals surface area contributed by atoms with Gasteiger partial charge in [-0.3, -0.25) is 14.2 Å². The third-order valence-electron chi connectivity index (χ3n) is 5.13. The highest BCUT2D eigenvalue weighted by Gasteiger charge is 2.32. The lowest BCUT2D eigenvalue weighted by atomic mass is 10.1. The zero-order valence-corrected chi connectivity index (χ0v) is 19.3. The topological polar surface area (TPSA) is 76.5 Å². The first-order valence-corrected chi connectivity index (χ1v) is 12.1. The first kappa shape index (κ1) is 23.6. The number of ether oxygens (including phenoxy) is 1. The van der Waals surface area contributed by atoms with E-state index in [1.807, 2.05) is 11.8 Å². The molecule has 0 saturated carbocycles. The molecule has 1 saturated heterocycles. The maximum atomic E-state index is 13.3. The second-order valence-electron chi connectivity index (χ2n) is 7.24. The first-order chi connectivity index (χ1) is 15.8. The number of carbonyl (C=O) groups is 1. The highest BCUT2D eigenvalue weighted by molar-refractivity contribution is 7.99. The molecule has 176 valence electrons. The summed E-state index contributed by atoms with van der Waals surface area (Å²) in [6.07, 6.45) is -4.53. The number of aromatic nitrogens is 2. The summed E-state index contributed by atoms with van der Waals surface area (Å²) >= 11 is 2.38. The highest BCUT2D eigenvalue weighted by Crippen LogP contribution is 2.36. The van der Waals surface area contributed by atoms with Crippen LogP contribution in [-0.2, 0) is 22.3 Å². The van der Waals surface area contributed by atoms with Gasteiger partial charge < -0.3 is 15.0 Å². The van der Waals surface area contributed by atoms with Gasteiger partial charge in [0.15, 0.2) is 5.16 Å². The normalized spacial score (nSPS) is 14.6. The van der Waals surface area contributed by atoms with Gasteiger partial charge >= 0.3 is 6.18 Å². The van der Waals surface area contributed by atoms with Crippen LogP contribution in [0.5, 0.6) is 0 Å². The molecule has 1 aliphatic rings. The van der Waals surface area contributed by atoms with Crippen molar-refractivity contribution < 1.29 is 22.7 Å². The molecule has 4 rings (SSSR count). The zero-order valence-electron chi connectivity index (χ0n) is 17.6. The van der Waals surface area contributed by atoms with Gasteiger partial charge in [-0.2, -0.15) is 13.2 Å². The summed E-state index contributed by atoms with van der Waals surface area (Å²) < 4.78 is 47.2. The van der Waals surface area contributed by atoms with Gasteiger partial charge in [-0.05, 0) is 36.6 Å². The Bertz CT molecular complexity index is 1220. The molecule has 7 nitrogen and oxygen atoms in total. The Morgan fingerprint density at radius 3 is 2.73 bits per heavy atom. The van der Waals surface area contributed by atoms with Crippen molar-refractivity contribution in [3.63, 3.8) is 0 Å². The van der Waals surface area contributed by atoms with Crippen LogP contribution >= 0.6 is 23.1 Å². The van der Waals surface area contributed by atoms with Crippen LogP contribution in [0.4, 0.5) is 24.5 Å². The molecule has 0 spiro atoms. The number of hydrogen-bond donors (Lipinski definition) is 1. The van der Waals surface area contributed by atoms with E-state index in [2.05, 4.69) is 10.3 Å². The molecule has 1 N–H and O–H groups in total. The van der Waals surface area contributed by atoms with Crippen LogP contribution in [0.1, 0.15) is 12.5 Å². The van der Waals surface area contributed by atoms with Crippen LogP contribution in [0.2, 0.25) is 0 Å². The van der Waals surface area contributed by atoms with Crippen molar-refractivity contribution in [1.29, 1.82) is 0 Å². The number of benzene rings is 1. The number of amides is 1. The van der Waals surface area contributed by atoms with Crippen LogP contribution < -0.4 is 15.8 Å². The van der Waals surface area contributed by atoms with E-state index in [0.717, 1.165) is 23.9 Å². The molecule has 1 aliphatic heterocycles. The molecule has 12 heteroatoms. The lowest BCUT2D eigenvalue weighted by molar-refractivity contribution is -0.137. The molecule has 0 bridgehead atoms. The second kappa shape index (κ2) is 9.74. The second-order valence-corrected chi connectivity index (χ2v) is 9.10. The van der Waals surface area contributed by atoms with Crippen LogP contribution in [0.3, 0.4) is 0 Å². The summed E-state index contributed by atoms with van der Waals surface area (Å²) in [7, 11) is 0. The maximum absolute atomic E-state index is 13.3. The van der Waals surface area contributed by atoms with Crippen LogP contribution in [0, 0.1) is 0 Å². The van der Waals surface area contributed by atoms with E-state index in [4.69, 9.17) is 4.74 Å². The largest absolute Gasteiger partial charge is 0.416 e. The number of rotatable bonds is 6. The average Bonchev–Trinajstić information content (AvgIpc) is 3.27. The minimum atomic E-state index is -4.53. The van der Waals surface area contributed by atoms with Gasteiger partial charge in [-0.25, -0.2) is 4.98 Å². The summed E-state index contributed by atoms with van der Waals surface area (Å²) in [5.74, 6) is -0.600. The number of nitrogens with zero attached hydrogens (tertiary/aromatic N) is 3. The van der Waals surface area contributed by atoms with Gasteiger partial charge in [-0.15, -0.1) is 11.3 Å². The zero-order chi connectivity index (χ0) is 23.6.